The number of carbonyl (C=O) groups excluding carboxylic acids is 1. The monoisotopic (exact) mass is 473 g/mol. The molecule has 0 unspecified atom stereocenters. The summed E-state index contributed by atoms with van der Waals surface area (Å²) in [4.78, 5) is 18.6. The van der Waals surface area contributed by atoms with Crippen molar-refractivity contribution in [2.75, 3.05) is 33.6 Å². The van der Waals surface area contributed by atoms with Gasteiger partial charge in [-0.25, -0.2) is 8.42 Å². The van der Waals surface area contributed by atoms with Crippen molar-refractivity contribution in [2.45, 2.75) is 24.2 Å². The van der Waals surface area contributed by atoms with E-state index >= 15 is 0 Å². The van der Waals surface area contributed by atoms with E-state index in [9.17, 15) is 13.2 Å². The third-order valence-corrected chi connectivity index (χ3v) is 6.05. The molecule has 1 amide bonds. The van der Waals surface area contributed by atoms with Crippen LogP contribution in [0.15, 0.2) is 57.9 Å². The lowest BCUT2D eigenvalue weighted by atomic mass is 10.2. The van der Waals surface area contributed by atoms with Gasteiger partial charge in [0.05, 0.1) is 18.6 Å². The lowest BCUT2D eigenvalue weighted by Gasteiger charge is -2.17. The van der Waals surface area contributed by atoms with Gasteiger partial charge in [-0.1, -0.05) is 11.2 Å². The summed E-state index contributed by atoms with van der Waals surface area (Å²) in [6, 6.07) is 13.7. The third kappa shape index (κ3) is 7.04. The third-order valence-electron chi connectivity index (χ3n) is 4.94. The summed E-state index contributed by atoms with van der Waals surface area (Å²) in [6.45, 7) is 0.866. The Hall–Kier alpha value is -3.40. The molecular weight excluding hydrogens is 446 g/mol. The van der Waals surface area contributed by atoms with Crippen LogP contribution in [-0.4, -0.2) is 62.9 Å². The maximum atomic E-state index is 12.4. The summed E-state index contributed by atoms with van der Waals surface area (Å²) in [5.74, 6) is 2.04. The van der Waals surface area contributed by atoms with E-state index < -0.39 is 9.84 Å². The van der Waals surface area contributed by atoms with E-state index in [-0.39, 0.29) is 17.2 Å². The van der Waals surface area contributed by atoms with Gasteiger partial charge in [0.1, 0.15) is 11.5 Å². The number of aromatic nitrogens is 2. The maximum Gasteiger partial charge on any atom is 0.227 e. The number of amides is 1. The van der Waals surface area contributed by atoms with E-state index in [0.717, 1.165) is 17.6 Å². The molecular formula is C23H27N3O6S. The molecule has 176 valence electrons. The highest BCUT2D eigenvalue weighted by Gasteiger charge is 2.14. The Morgan fingerprint density at radius 1 is 1.12 bits per heavy atom. The van der Waals surface area contributed by atoms with Gasteiger partial charge in [0, 0.05) is 38.3 Å². The van der Waals surface area contributed by atoms with E-state index in [1.54, 1.807) is 31.2 Å². The second kappa shape index (κ2) is 11.0. The van der Waals surface area contributed by atoms with Crippen molar-refractivity contribution >= 4 is 15.7 Å². The van der Waals surface area contributed by atoms with Gasteiger partial charge in [0.15, 0.2) is 9.84 Å². The fraction of sp³-hybridized carbons (Fsp3) is 0.348. The zero-order chi connectivity index (χ0) is 23.8. The first-order chi connectivity index (χ1) is 15.8. The highest BCUT2D eigenvalue weighted by atomic mass is 32.2. The van der Waals surface area contributed by atoms with Crippen LogP contribution in [0.25, 0.3) is 11.4 Å². The van der Waals surface area contributed by atoms with E-state index in [1.807, 2.05) is 24.3 Å². The van der Waals surface area contributed by atoms with Gasteiger partial charge < -0.3 is 18.9 Å². The summed E-state index contributed by atoms with van der Waals surface area (Å²) in [5, 5.41) is 3.97. The number of carbonyl (C=O) groups is 1. The number of rotatable bonds is 11. The SMILES string of the molecule is COc1ccc(-c2noc(CCC(=O)N(C)CCCOc3cccc(S(C)(=O)=O)c3)n2)cc1. The van der Waals surface area contributed by atoms with Crippen molar-refractivity contribution in [3.63, 3.8) is 0 Å². The Morgan fingerprint density at radius 2 is 1.88 bits per heavy atom. The Labute approximate surface area is 193 Å². The minimum Gasteiger partial charge on any atom is -0.497 e. The molecule has 0 bridgehead atoms. The average molecular weight is 474 g/mol. The summed E-state index contributed by atoms with van der Waals surface area (Å²) in [7, 11) is 0.0426. The minimum absolute atomic E-state index is 0.0433. The van der Waals surface area contributed by atoms with Gasteiger partial charge in [0.2, 0.25) is 17.6 Å². The molecule has 0 radical (unpaired) electrons. The van der Waals surface area contributed by atoms with Crippen LogP contribution in [0.2, 0.25) is 0 Å². The van der Waals surface area contributed by atoms with E-state index in [1.165, 1.54) is 12.1 Å². The van der Waals surface area contributed by atoms with Gasteiger partial charge in [-0.3, -0.25) is 4.79 Å². The Morgan fingerprint density at radius 3 is 2.58 bits per heavy atom. The number of hydrogen-bond donors (Lipinski definition) is 0. The molecule has 0 saturated carbocycles. The molecule has 0 atom stereocenters. The van der Waals surface area contributed by atoms with Crippen LogP contribution in [0.4, 0.5) is 0 Å². The molecule has 1 aromatic heterocycles. The predicted octanol–water partition coefficient (Wildman–Crippen LogP) is 3.01. The Balaban J connectivity index is 1.41. The molecule has 33 heavy (non-hydrogen) atoms. The van der Waals surface area contributed by atoms with Crippen LogP contribution < -0.4 is 9.47 Å². The van der Waals surface area contributed by atoms with Gasteiger partial charge in [0.25, 0.3) is 0 Å². The number of benzene rings is 2. The number of methoxy groups -OCH3 is 1. The molecule has 0 spiro atoms. The molecule has 0 N–H and O–H groups in total. The second-order valence-electron chi connectivity index (χ2n) is 7.50. The van der Waals surface area contributed by atoms with Crippen LogP contribution in [0.5, 0.6) is 11.5 Å². The van der Waals surface area contributed by atoms with Crippen molar-refractivity contribution in [3.8, 4) is 22.9 Å². The van der Waals surface area contributed by atoms with Crippen LogP contribution >= 0.6 is 0 Å². The molecule has 3 rings (SSSR count). The quantitative estimate of drug-likeness (QED) is 0.391. The first-order valence-corrected chi connectivity index (χ1v) is 12.3. The van der Waals surface area contributed by atoms with Crippen molar-refractivity contribution in [3.05, 3.63) is 54.4 Å². The average Bonchev–Trinajstić information content (AvgIpc) is 3.29. The highest BCUT2D eigenvalue weighted by Crippen LogP contribution is 2.20. The maximum absolute atomic E-state index is 12.4. The molecule has 0 aliphatic rings. The van der Waals surface area contributed by atoms with Crippen molar-refractivity contribution in [2.24, 2.45) is 0 Å². The zero-order valence-electron chi connectivity index (χ0n) is 18.9. The smallest absolute Gasteiger partial charge is 0.227 e. The summed E-state index contributed by atoms with van der Waals surface area (Å²) < 4.78 is 39.3. The molecule has 9 nitrogen and oxygen atoms in total. The lowest BCUT2D eigenvalue weighted by Crippen LogP contribution is -2.28. The number of nitrogens with zero attached hydrogens (tertiary/aromatic N) is 3. The minimum atomic E-state index is -3.28. The second-order valence-corrected chi connectivity index (χ2v) is 9.52. The number of ether oxygens (including phenoxy) is 2. The van der Waals surface area contributed by atoms with Gasteiger partial charge >= 0.3 is 0 Å². The number of hydrogen-bond acceptors (Lipinski definition) is 8. The van der Waals surface area contributed by atoms with Crippen molar-refractivity contribution < 1.29 is 27.2 Å². The fourth-order valence-electron chi connectivity index (χ4n) is 3.03. The first kappa shape index (κ1) is 24.2. The van der Waals surface area contributed by atoms with Gasteiger partial charge in [-0.2, -0.15) is 4.98 Å². The van der Waals surface area contributed by atoms with Crippen molar-refractivity contribution in [1.29, 1.82) is 0 Å². The van der Waals surface area contributed by atoms with Gasteiger partial charge in [-0.15, -0.1) is 0 Å². The molecule has 0 fully saturated rings. The topological polar surface area (TPSA) is 112 Å². The predicted molar refractivity (Wildman–Crippen MR) is 122 cm³/mol. The molecule has 0 aliphatic heterocycles. The molecule has 0 aliphatic carbocycles. The number of aryl methyl sites for hydroxylation is 1. The summed E-state index contributed by atoms with van der Waals surface area (Å²) >= 11 is 0. The van der Waals surface area contributed by atoms with E-state index in [2.05, 4.69) is 10.1 Å². The molecule has 3 aromatic rings. The molecule has 0 saturated heterocycles. The highest BCUT2D eigenvalue weighted by molar-refractivity contribution is 7.90. The summed E-state index contributed by atoms with van der Waals surface area (Å²) in [6.07, 6.45) is 2.35. The normalized spacial score (nSPS) is 11.2. The van der Waals surface area contributed by atoms with Crippen LogP contribution in [-0.2, 0) is 21.1 Å². The number of sulfone groups is 1. The van der Waals surface area contributed by atoms with Crippen LogP contribution in [0, 0.1) is 0 Å². The molecule has 1 heterocycles. The summed E-state index contributed by atoms with van der Waals surface area (Å²) in [5.41, 5.74) is 0.802. The largest absolute Gasteiger partial charge is 0.497 e. The Kier molecular flexibility index (Phi) is 8.05. The first-order valence-electron chi connectivity index (χ1n) is 10.4. The lowest BCUT2D eigenvalue weighted by molar-refractivity contribution is -0.130. The fourth-order valence-corrected chi connectivity index (χ4v) is 3.69. The standard InChI is InChI=1S/C23H27N3O6S/c1-26(14-5-15-31-19-6-4-7-20(16-19)33(3,28)29)22(27)13-12-21-24-23(25-32-21)17-8-10-18(30-2)11-9-17/h4,6-11,16H,5,12-15H2,1-3H3. The van der Waals surface area contributed by atoms with Crippen LogP contribution in [0.3, 0.4) is 0 Å². The van der Waals surface area contributed by atoms with E-state index in [0.29, 0.717) is 43.5 Å². The van der Waals surface area contributed by atoms with Crippen LogP contribution in [0.1, 0.15) is 18.7 Å². The molecule has 2 aromatic carbocycles. The molecule has 10 heteroatoms. The Bertz CT molecular complexity index is 1170. The van der Waals surface area contributed by atoms with E-state index in [4.69, 9.17) is 14.0 Å². The van der Waals surface area contributed by atoms with Crippen molar-refractivity contribution in [1.82, 2.24) is 15.0 Å². The zero-order valence-corrected chi connectivity index (χ0v) is 19.7. The van der Waals surface area contributed by atoms with Gasteiger partial charge in [-0.05, 0) is 48.9 Å².